The molecule has 0 unspecified atom stereocenters. The Hall–Kier alpha value is 0. The summed E-state index contributed by atoms with van der Waals surface area (Å²) in [4.78, 5) is 0. The molecule has 0 heteroatoms. The van der Waals surface area contributed by atoms with Crippen LogP contribution in [0.25, 0.3) is 0 Å². The van der Waals surface area contributed by atoms with Gasteiger partial charge in [0.05, 0.1) is 0 Å². The quantitative estimate of drug-likeness (QED) is 0.408. The summed E-state index contributed by atoms with van der Waals surface area (Å²) >= 11 is 0. The lowest BCUT2D eigenvalue weighted by atomic mass is 9.91. The van der Waals surface area contributed by atoms with E-state index >= 15 is 0 Å². The van der Waals surface area contributed by atoms with Crippen molar-refractivity contribution < 1.29 is 0 Å². The summed E-state index contributed by atoms with van der Waals surface area (Å²) in [5, 5.41) is 0. The van der Waals surface area contributed by atoms with E-state index in [0.717, 1.165) is 5.92 Å². The monoisotopic (exact) mass is 256 g/mol. The van der Waals surface area contributed by atoms with Crippen LogP contribution >= 0.6 is 0 Å². The topological polar surface area (TPSA) is 0 Å². The van der Waals surface area contributed by atoms with Crippen molar-refractivity contribution in [3.05, 3.63) is 0 Å². The van der Waals surface area contributed by atoms with Crippen LogP contribution in [0.1, 0.15) is 106 Å². The summed E-state index contributed by atoms with van der Waals surface area (Å²) in [6.45, 7) is 15.7. The summed E-state index contributed by atoms with van der Waals surface area (Å²) < 4.78 is 0. The van der Waals surface area contributed by atoms with E-state index in [1.807, 2.05) is 0 Å². The van der Waals surface area contributed by atoms with E-state index in [2.05, 4.69) is 48.5 Å². The summed E-state index contributed by atoms with van der Waals surface area (Å²) in [5.74, 6) is 1.04. The van der Waals surface area contributed by atoms with Gasteiger partial charge in [0.25, 0.3) is 0 Å². The first-order chi connectivity index (χ1) is 8.35. The zero-order valence-corrected chi connectivity index (χ0v) is 14.4. The molecule has 0 heterocycles. The minimum atomic E-state index is 0.500. The van der Waals surface area contributed by atoms with E-state index in [1.54, 1.807) is 0 Å². The molecule has 112 valence electrons. The summed E-state index contributed by atoms with van der Waals surface area (Å²) in [7, 11) is 0. The molecule has 0 aromatic heterocycles. The van der Waals surface area contributed by atoms with Crippen molar-refractivity contribution in [2.24, 2.45) is 11.3 Å². The molecule has 0 saturated heterocycles. The molecule has 0 aliphatic carbocycles. The predicted octanol–water partition coefficient (Wildman–Crippen LogP) is 7.23. The molecule has 0 bridgehead atoms. The van der Waals surface area contributed by atoms with E-state index < -0.39 is 0 Å². The van der Waals surface area contributed by atoms with Crippen molar-refractivity contribution >= 4 is 0 Å². The second-order valence-corrected chi connectivity index (χ2v) is 7.29. The Bertz CT molecular complexity index is 116. The molecule has 0 fully saturated rings. The van der Waals surface area contributed by atoms with Gasteiger partial charge in [-0.1, -0.05) is 106 Å². The first-order valence-electron chi connectivity index (χ1n) is 8.35. The zero-order chi connectivity index (χ0) is 14.4. The third kappa shape index (κ3) is 25.0. The Labute approximate surface area is 118 Å². The van der Waals surface area contributed by atoms with Gasteiger partial charge in [-0.05, 0) is 11.3 Å². The fourth-order valence-electron chi connectivity index (χ4n) is 1.91. The van der Waals surface area contributed by atoms with Crippen molar-refractivity contribution in [3.63, 3.8) is 0 Å². The van der Waals surface area contributed by atoms with Gasteiger partial charge in [0.1, 0.15) is 0 Å². The molecule has 0 atom stereocenters. The van der Waals surface area contributed by atoms with Crippen LogP contribution in [0.2, 0.25) is 0 Å². The fraction of sp³-hybridized carbons (Fsp3) is 1.00. The van der Waals surface area contributed by atoms with Crippen LogP contribution in [0, 0.1) is 11.3 Å². The maximum absolute atomic E-state index is 2.30. The van der Waals surface area contributed by atoms with Crippen LogP contribution in [-0.2, 0) is 0 Å². The van der Waals surface area contributed by atoms with Crippen molar-refractivity contribution in [1.82, 2.24) is 0 Å². The molecular weight excluding hydrogens is 216 g/mol. The van der Waals surface area contributed by atoms with Crippen LogP contribution in [0.15, 0.2) is 0 Å². The van der Waals surface area contributed by atoms with Gasteiger partial charge in [-0.2, -0.15) is 0 Å². The smallest absolute Gasteiger partial charge is 0.0411 e. The third-order valence-electron chi connectivity index (χ3n) is 2.90. The molecule has 0 aliphatic rings. The molecule has 0 rings (SSSR count). The van der Waals surface area contributed by atoms with E-state index in [-0.39, 0.29) is 0 Å². The average Bonchev–Trinajstić information content (AvgIpc) is 2.26. The molecule has 0 nitrogen and oxygen atoms in total. The maximum atomic E-state index is 2.30. The Kier molecular flexibility index (Phi) is 15.2. The Morgan fingerprint density at radius 3 is 1.00 bits per heavy atom. The highest BCUT2D eigenvalue weighted by Crippen LogP contribution is 2.21. The largest absolute Gasteiger partial charge is 0.0654 e. The van der Waals surface area contributed by atoms with Gasteiger partial charge in [-0.3, -0.25) is 0 Å². The summed E-state index contributed by atoms with van der Waals surface area (Å²) in [5.41, 5.74) is 0.500. The van der Waals surface area contributed by atoms with E-state index in [1.165, 1.54) is 57.8 Å². The van der Waals surface area contributed by atoms with Crippen molar-refractivity contribution in [2.75, 3.05) is 0 Å². The molecule has 0 aliphatic heterocycles. The Balaban J connectivity index is 0. The van der Waals surface area contributed by atoms with E-state index in [0.29, 0.717) is 5.41 Å². The normalized spacial score (nSPS) is 11.3. The first kappa shape index (κ1) is 20.3. The molecule has 0 aromatic rings. The van der Waals surface area contributed by atoms with Crippen molar-refractivity contribution in [1.29, 1.82) is 0 Å². The number of unbranched alkanes of at least 4 members (excludes halogenated alkanes) is 3. The van der Waals surface area contributed by atoms with Gasteiger partial charge in [-0.15, -0.1) is 0 Å². The molecule has 0 spiro atoms. The Morgan fingerprint density at radius 2 is 0.833 bits per heavy atom. The predicted molar refractivity (Wildman–Crippen MR) is 87.2 cm³/mol. The lowest BCUT2D eigenvalue weighted by Gasteiger charge is -2.15. The number of hydrogen-bond donors (Lipinski definition) is 0. The second-order valence-electron chi connectivity index (χ2n) is 7.29. The van der Waals surface area contributed by atoms with Crippen LogP contribution < -0.4 is 0 Å². The lowest BCUT2D eigenvalue weighted by Crippen LogP contribution is -2.00. The molecule has 0 saturated carbocycles. The highest BCUT2D eigenvalue weighted by molar-refractivity contribution is 4.59. The molecular formula is C18H40. The van der Waals surface area contributed by atoms with Crippen LogP contribution in [-0.4, -0.2) is 0 Å². The highest BCUT2D eigenvalue weighted by atomic mass is 14.1. The Morgan fingerprint density at radius 1 is 0.611 bits per heavy atom. The minimum Gasteiger partial charge on any atom is -0.0654 e. The standard InChI is InChI=1S/C13H28.C5H12/c1-4-7-10-13(11-8-5-2)12-9-6-3;1-5(2,3)4/h13H,4-12H2,1-3H3;1-4H3. The minimum absolute atomic E-state index is 0.500. The summed E-state index contributed by atoms with van der Waals surface area (Å²) in [6, 6.07) is 0. The van der Waals surface area contributed by atoms with E-state index in [9.17, 15) is 0 Å². The van der Waals surface area contributed by atoms with Gasteiger partial charge < -0.3 is 0 Å². The van der Waals surface area contributed by atoms with Gasteiger partial charge in [0, 0.05) is 0 Å². The van der Waals surface area contributed by atoms with Gasteiger partial charge >= 0.3 is 0 Å². The maximum Gasteiger partial charge on any atom is -0.0411 e. The molecule has 0 radical (unpaired) electrons. The zero-order valence-electron chi connectivity index (χ0n) is 14.4. The van der Waals surface area contributed by atoms with Crippen molar-refractivity contribution in [2.45, 2.75) is 106 Å². The van der Waals surface area contributed by atoms with Gasteiger partial charge in [0.2, 0.25) is 0 Å². The third-order valence-corrected chi connectivity index (χ3v) is 2.90. The van der Waals surface area contributed by atoms with Crippen LogP contribution in [0.3, 0.4) is 0 Å². The van der Waals surface area contributed by atoms with Crippen LogP contribution in [0.4, 0.5) is 0 Å². The first-order valence-corrected chi connectivity index (χ1v) is 8.35. The SMILES string of the molecule is CC(C)(C)C.CCCCC(CCCC)CCCC. The highest BCUT2D eigenvalue weighted by Gasteiger charge is 2.06. The molecule has 18 heavy (non-hydrogen) atoms. The molecule has 0 aromatic carbocycles. The number of rotatable bonds is 9. The molecule has 0 N–H and O–H groups in total. The summed E-state index contributed by atoms with van der Waals surface area (Å²) in [6.07, 6.45) is 12.9. The fourth-order valence-corrected chi connectivity index (χ4v) is 1.91. The molecule has 0 amide bonds. The number of hydrogen-bond acceptors (Lipinski definition) is 0. The van der Waals surface area contributed by atoms with Gasteiger partial charge in [0.15, 0.2) is 0 Å². The van der Waals surface area contributed by atoms with Crippen LogP contribution in [0.5, 0.6) is 0 Å². The lowest BCUT2D eigenvalue weighted by molar-refractivity contribution is 0.382. The van der Waals surface area contributed by atoms with Gasteiger partial charge in [-0.25, -0.2) is 0 Å². The average molecular weight is 257 g/mol. The van der Waals surface area contributed by atoms with Crippen molar-refractivity contribution in [3.8, 4) is 0 Å². The van der Waals surface area contributed by atoms with E-state index in [4.69, 9.17) is 0 Å². The second kappa shape index (κ2) is 13.4.